The lowest BCUT2D eigenvalue weighted by molar-refractivity contribution is -0.137. The van der Waals surface area contributed by atoms with Crippen molar-refractivity contribution in [2.75, 3.05) is 19.6 Å². The minimum absolute atomic E-state index is 0.298. The molecule has 2 fully saturated rings. The Balaban J connectivity index is 1.91. The van der Waals surface area contributed by atoms with Crippen LogP contribution in [0.5, 0.6) is 0 Å². The van der Waals surface area contributed by atoms with Gasteiger partial charge >= 0.3 is 0 Å². The van der Waals surface area contributed by atoms with Crippen LogP contribution in [0.25, 0.3) is 0 Å². The average molecular weight is 280 g/mol. The largest absolute Gasteiger partial charge is 0.341 e. The predicted molar refractivity (Wildman–Crippen MR) is 83.6 cm³/mol. The number of carbonyl (C=O) groups is 1. The van der Waals surface area contributed by atoms with Gasteiger partial charge in [0.05, 0.1) is 0 Å². The Morgan fingerprint density at radius 1 is 1.20 bits per heavy atom. The monoisotopic (exact) mass is 280 g/mol. The van der Waals surface area contributed by atoms with Crippen LogP contribution in [0.15, 0.2) is 0 Å². The summed E-state index contributed by atoms with van der Waals surface area (Å²) in [4.78, 5) is 15.0. The molecule has 2 aliphatic rings. The summed E-state index contributed by atoms with van der Waals surface area (Å²) in [6, 6.07) is 0.528. The second-order valence-electron chi connectivity index (χ2n) is 7.39. The van der Waals surface area contributed by atoms with Gasteiger partial charge < -0.3 is 10.2 Å². The van der Waals surface area contributed by atoms with Crippen molar-refractivity contribution in [3.05, 3.63) is 0 Å². The van der Waals surface area contributed by atoms with Gasteiger partial charge in [0.2, 0.25) is 5.91 Å². The first-order valence-electron chi connectivity index (χ1n) is 8.58. The SMILES string of the molecule is CC(C)CN(CC1CCCN1)C(=O)C1CCC(C)CC1. The molecule has 1 saturated carbocycles. The maximum Gasteiger partial charge on any atom is 0.225 e. The van der Waals surface area contributed by atoms with Gasteiger partial charge in [-0.25, -0.2) is 0 Å². The van der Waals surface area contributed by atoms with Crippen molar-refractivity contribution >= 4 is 5.91 Å². The van der Waals surface area contributed by atoms with Gasteiger partial charge in [0.15, 0.2) is 0 Å². The molecule has 1 aliphatic heterocycles. The molecule has 0 spiro atoms. The molecule has 0 radical (unpaired) electrons. The van der Waals surface area contributed by atoms with E-state index in [1.165, 1.54) is 25.7 Å². The van der Waals surface area contributed by atoms with Crippen LogP contribution in [0.3, 0.4) is 0 Å². The highest BCUT2D eigenvalue weighted by Gasteiger charge is 2.30. The molecule has 0 aromatic heterocycles. The third-order valence-corrected chi connectivity index (χ3v) is 4.87. The molecule has 2 rings (SSSR count). The summed E-state index contributed by atoms with van der Waals surface area (Å²) in [6.07, 6.45) is 7.15. The molecular weight excluding hydrogens is 248 g/mol. The lowest BCUT2D eigenvalue weighted by Crippen LogP contribution is -2.45. The molecule has 0 aromatic rings. The Bertz CT molecular complexity index is 302. The Labute approximate surface area is 124 Å². The molecule has 1 saturated heterocycles. The summed E-state index contributed by atoms with van der Waals surface area (Å²) >= 11 is 0. The van der Waals surface area contributed by atoms with E-state index in [1.54, 1.807) is 0 Å². The van der Waals surface area contributed by atoms with E-state index >= 15 is 0 Å². The maximum absolute atomic E-state index is 12.8. The first-order valence-corrected chi connectivity index (χ1v) is 8.58. The van der Waals surface area contributed by atoms with Crippen LogP contribution in [0.4, 0.5) is 0 Å². The summed E-state index contributed by atoms with van der Waals surface area (Å²) in [5, 5.41) is 3.53. The normalized spacial score (nSPS) is 30.7. The van der Waals surface area contributed by atoms with Crippen LogP contribution in [0.1, 0.15) is 59.3 Å². The topological polar surface area (TPSA) is 32.3 Å². The summed E-state index contributed by atoms with van der Waals surface area (Å²) < 4.78 is 0. The van der Waals surface area contributed by atoms with Crippen LogP contribution in [0, 0.1) is 17.8 Å². The third kappa shape index (κ3) is 4.47. The number of nitrogens with zero attached hydrogens (tertiary/aromatic N) is 1. The minimum Gasteiger partial charge on any atom is -0.341 e. The van der Waals surface area contributed by atoms with Gasteiger partial charge in [0.1, 0.15) is 0 Å². The highest BCUT2D eigenvalue weighted by atomic mass is 16.2. The fourth-order valence-electron chi connectivity index (χ4n) is 3.64. The van der Waals surface area contributed by atoms with Gasteiger partial charge in [-0.1, -0.05) is 20.8 Å². The Hall–Kier alpha value is -0.570. The van der Waals surface area contributed by atoms with Gasteiger partial charge in [-0.15, -0.1) is 0 Å². The van der Waals surface area contributed by atoms with Crippen molar-refractivity contribution in [3.8, 4) is 0 Å². The highest BCUT2D eigenvalue weighted by Crippen LogP contribution is 2.30. The van der Waals surface area contributed by atoms with Crippen LogP contribution >= 0.6 is 0 Å². The first-order chi connectivity index (χ1) is 9.56. The molecule has 1 aliphatic carbocycles. The summed E-state index contributed by atoms with van der Waals surface area (Å²) in [5.74, 6) is 2.10. The molecule has 3 heteroatoms. The Morgan fingerprint density at radius 3 is 2.45 bits per heavy atom. The van der Waals surface area contributed by atoms with Gasteiger partial charge in [0.25, 0.3) is 0 Å². The fraction of sp³-hybridized carbons (Fsp3) is 0.941. The molecule has 0 bridgehead atoms. The standard InChI is InChI=1S/C17H32N2O/c1-13(2)11-19(12-16-5-4-10-18-16)17(20)15-8-6-14(3)7-9-15/h13-16,18H,4-12H2,1-3H3. The second kappa shape index (κ2) is 7.44. The van der Waals surface area contributed by atoms with Gasteiger partial charge in [-0.05, 0) is 56.9 Å². The molecule has 1 atom stereocenters. The summed E-state index contributed by atoms with van der Waals surface area (Å²) in [5.41, 5.74) is 0. The van der Waals surface area contributed by atoms with Gasteiger partial charge in [-0.3, -0.25) is 4.79 Å². The Kier molecular flexibility index (Phi) is 5.88. The number of rotatable bonds is 5. The van der Waals surface area contributed by atoms with E-state index in [-0.39, 0.29) is 0 Å². The van der Waals surface area contributed by atoms with Crippen molar-refractivity contribution in [2.24, 2.45) is 17.8 Å². The lowest BCUT2D eigenvalue weighted by Gasteiger charge is -2.33. The molecule has 1 unspecified atom stereocenters. The lowest BCUT2D eigenvalue weighted by atomic mass is 9.82. The van der Waals surface area contributed by atoms with Crippen LogP contribution in [0.2, 0.25) is 0 Å². The van der Waals surface area contributed by atoms with Crippen LogP contribution in [-0.2, 0) is 4.79 Å². The van der Waals surface area contributed by atoms with E-state index < -0.39 is 0 Å². The van der Waals surface area contributed by atoms with Crippen molar-refractivity contribution < 1.29 is 4.79 Å². The van der Waals surface area contributed by atoms with Crippen molar-refractivity contribution in [2.45, 2.75) is 65.3 Å². The van der Waals surface area contributed by atoms with Gasteiger partial charge in [-0.2, -0.15) is 0 Å². The van der Waals surface area contributed by atoms with E-state index in [9.17, 15) is 4.79 Å². The molecule has 116 valence electrons. The average Bonchev–Trinajstić information content (AvgIpc) is 2.90. The third-order valence-electron chi connectivity index (χ3n) is 4.87. The van der Waals surface area contributed by atoms with E-state index in [0.717, 1.165) is 38.4 Å². The van der Waals surface area contributed by atoms with Crippen LogP contribution < -0.4 is 5.32 Å². The van der Waals surface area contributed by atoms with E-state index in [4.69, 9.17) is 0 Å². The number of hydrogen-bond donors (Lipinski definition) is 1. The molecule has 20 heavy (non-hydrogen) atoms. The number of carbonyl (C=O) groups excluding carboxylic acids is 1. The predicted octanol–water partition coefficient (Wildman–Crippen LogP) is 3.05. The molecule has 3 nitrogen and oxygen atoms in total. The van der Waals surface area contributed by atoms with E-state index in [2.05, 4.69) is 31.0 Å². The number of hydrogen-bond acceptors (Lipinski definition) is 2. The molecule has 1 amide bonds. The minimum atomic E-state index is 0.298. The Morgan fingerprint density at radius 2 is 1.90 bits per heavy atom. The van der Waals surface area contributed by atoms with Crippen molar-refractivity contribution in [1.29, 1.82) is 0 Å². The first kappa shape index (κ1) is 15.8. The molecule has 1 heterocycles. The second-order valence-corrected chi connectivity index (χ2v) is 7.39. The smallest absolute Gasteiger partial charge is 0.225 e. The fourth-order valence-corrected chi connectivity index (χ4v) is 3.64. The molecular formula is C17H32N2O. The van der Waals surface area contributed by atoms with E-state index in [0.29, 0.717) is 23.8 Å². The highest BCUT2D eigenvalue weighted by molar-refractivity contribution is 5.79. The van der Waals surface area contributed by atoms with Crippen LogP contribution in [-0.4, -0.2) is 36.5 Å². The zero-order valence-electron chi connectivity index (χ0n) is 13.5. The quantitative estimate of drug-likeness (QED) is 0.839. The zero-order valence-corrected chi connectivity index (χ0v) is 13.5. The maximum atomic E-state index is 12.8. The zero-order chi connectivity index (χ0) is 14.5. The molecule has 0 aromatic carbocycles. The number of nitrogens with one attached hydrogen (secondary N) is 1. The molecule has 1 N–H and O–H groups in total. The van der Waals surface area contributed by atoms with E-state index in [1.807, 2.05) is 0 Å². The summed E-state index contributed by atoms with van der Waals surface area (Å²) in [6.45, 7) is 9.70. The van der Waals surface area contributed by atoms with Gasteiger partial charge in [0, 0.05) is 25.0 Å². The van der Waals surface area contributed by atoms with Crippen molar-refractivity contribution in [1.82, 2.24) is 10.2 Å². The summed E-state index contributed by atoms with van der Waals surface area (Å²) in [7, 11) is 0. The number of amides is 1. The van der Waals surface area contributed by atoms with Crippen molar-refractivity contribution in [3.63, 3.8) is 0 Å².